The number of pyridine rings is 1. The number of quaternary nitrogens is 1. The normalized spacial score (nSPS) is 11.4. The number of aromatic hydroxyl groups is 1. The van der Waals surface area contributed by atoms with E-state index in [1.807, 2.05) is 0 Å². The fraction of sp³-hybridized carbons (Fsp3) is 0.312. The van der Waals surface area contributed by atoms with Gasteiger partial charge >= 0.3 is 5.88 Å². The highest BCUT2D eigenvalue weighted by Gasteiger charge is 2.18. The number of likely N-dealkylation sites (N-methyl/N-ethyl adjacent to an activating group) is 1. The molecule has 8 nitrogen and oxygen atoms in total. The van der Waals surface area contributed by atoms with E-state index in [2.05, 4.69) is 47.3 Å². The second-order valence-corrected chi connectivity index (χ2v) is 7.43. The van der Waals surface area contributed by atoms with Gasteiger partial charge in [0.25, 0.3) is 11.1 Å². The van der Waals surface area contributed by atoms with Gasteiger partial charge < -0.3 is 19.9 Å². The van der Waals surface area contributed by atoms with Gasteiger partial charge in [0.1, 0.15) is 11.9 Å². The number of aliphatic hydroxyl groups is 1. The Morgan fingerprint density at radius 1 is 1.32 bits per heavy atom. The highest BCUT2D eigenvalue weighted by molar-refractivity contribution is 9.10. The van der Waals surface area contributed by atoms with Crippen LogP contribution < -0.4 is 10.3 Å². The zero-order chi connectivity index (χ0) is 18.8. The number of halogens is 1. The van der Waals surface area contributed by atoms with Gasteiger partial charge in [-0.15, -0.1) is 5.10 Å². The second kappa shape index (κ2) is 7.34. The standard InChI is InChI=1S/C11H6BrN3O3.C5H14NO/c12-6-1-2-8-5(3-6)4-7-9(15(8)18)11(17)14-13-10(7)16;1-6(2,3)4-5-7/h1-4H,(H,13,16)(H,14,17);7H,4-5H2,1-3H3/q;+1. The molecule has 9 heteroatoms. The van der Waals surface area contributed by atoms with Crippen molar-refractivity contribution in [1.82, 2.24) is 10.2 Å². The van der Waals surface area contributed by atoms with E-state index < -0.39 is 11.4 Å². The van der Waals surface area contributed by atoms with Gasteiger partial charge in [-0.1, -0.05) is 15.9 Å². The molecular formula is C16H20BrN4O4+. The average Bonchev–Trinajstić information content (AvgIpc) is 2.50. The van der Waals surface area contributed by atoms with Crippen LogP contribution in [0.1, 0.15) is 0 Å². The van der Waals surface area contributed by atoms with Crippen molar-refractivity contribution >= 4 is 37.7 Å². The molecule has 2 aromatic heterocycles. The largest absolute Gasteiger partial charge is 0.618 e. The molecule has 0 aliphatic carbocycles. The van der Waals surface area contributed by atoms with Gasteiger partial charge in [0, 0.05) is 15.9 Å². The highest BCUT2D eigenvalue weighted by Crippen LogP contribution is 2.22. The number of aromatic nitrogens is 3. The van der Waals surface area contributed by atoms with Crippen LogP contribution >= 0.6 is 15.9 Å². The lowest BCUT2D eigenvalue weighted by Crippen LogP contribution is -2.36. The quantitative estimate of drug-likeness (QED) is 0.250. The van der Waals surface area contributed by atoms with Crippen molar-refractivity contribution in [2.75, 3.05) is 34.3 Å². The summed E-state index contributed by atoms with van der Waals surface area (Å²) in [7, 11) is 6.16. The van der Waals surface area contributed by atoms with Crippen LogP contribution in [-0.2, 0) is 0 Å². The molecule has 3 rings (SSSR count). The van der Waals surface area contributed by atoms with Crippen LogP contribution in [0.25, 0.3) is 21.8 Å². The molecule has 134 valence electrons. The topological polar surface area (TPSA) is 113 Å². The third-order valence-corrected chi connectivity index (χ3v) is 3.95. The Bertz CT molecular complexity index is 966. The van der Waals surface area contributed by atoms with E-state index in [0.29, 0.717) is 15.6 Å². The van der Waals surface area contributed by atoms with Crippen LogP contribution in [-0.4, -0.2) is 59.2 Å². The molecule has 0 saturated carbocycles. The predicted octanol–water partition coefficient (Wildman–Crippen LogP) is 0.863. The van der Waals surface area contributed by atoms with E-state index >= 15 is 0 Å². The molecule has 25 heavy (non-hydrogen) atoms. The zero-order valence-electron chi connectivity index (χ0n) is 14.2. The zero-order valence-corrected chi connectivity index (χ0v) is 15.7. The SMILES string of the molecule is C[N+](C)(C)CCO.O=c1[nH]nc(O)c2c1cc1cc(Br)ccc1[n+]2[O-]. The molecule has 0 aliphatic heterocycles. The summed E-state index contributed by atoms with van der Waals surface area (Å²) < 4.78 is 2.15. The Kier molecular flexibility index (Phi) is 5.61. The van der Waals surface area contributed by atoms with E-state index in [1.54, 1.807) is 24.3 Å². The maximum absolute atomic E-state index is 12.1. The van der Waals surface area contributed by atoms with Gasteiger partial charge in [0.15, 0.2) is 0 Å². The molecular weight excluding hydrogens is 392 g/mol. The number of fused-ring (bicyclic) bond motifs is 2. The molecule has 3 N–H and O–H groups in total. The number of hydrogen-bond acceptors (Lipinski definition) is 5. The Morgan fingerprint density at radius 3 is 2.56 bits per heavy atom. The number of rotatable bonds is 2. The van der Waals surface area contributed by atoms with Gasteiger partial charge in [-0.2, -0.15) is 4.73 Å². The molecule has 0 atom stereocenters. The molecule has 0 fully saturated rings. The molecule has 3 aromatic rings. The summed E-state index contributed by atoms with van der Waals surface area (Å²) >= 11 is 3.30. The van der Waals surface area contributed by atoms with Crippen LogP contribution in [0.15, 0.2) is 33.5 Å². The first kappa shape index (κ1) is 19.1. The van der Waals surface area contributed by atoms with Crippen LogP contribution in [0.2, 0.25) is 0 Å². The molecule has 0 saturated heterocycles. The number of H-pyrrole nitrogens is 1. The maximum atomic E-state index is 12.1. The van der Waals surface area contributed by atoms with Gasteiger partial charge in [-0.3, -0.25) is 4.79 Å². The highest BCUT2D eigenvalue weighted by atomic mass is 79.9. The van der Waals surface area contributed by atoms with Gasteiger partial charge in [0.2, 0.25) is 5.52 Å². The third-order valence-electron chi connectivity index (χ3n) is 3.46. The summed E-state index contributed by atoms with van der Waals surface area (Å²) in [5.74, 6) is -0.496. The van der Waals surface area contributed by atoms with Crippen molar-refractivity contribution in [2.45, 2.75) is 0 Å². The summed E-state index contributed by atoms with van der Waals surface area (Å²) in [6.07, 6.45) is 0. The minimum atomic E-state index is -0.519. The number of aromatic amines is 1. The van der Waals surface area contributed by atoms with E-state index in [4.69, 9.17) is 5.11 Å². The Morgan fingerprint density at radius 2 is 2.00 bits per heavy atom. The minimum absolute atomic E-state index is 0.100. The fourth-order valence-corrected chi connectivity index (χ4v) is 2.56. The van der Waals surface area contributed by atoms with Gasteiger partial charge in [-0.25, -0.2) is 5.10 Å². The Hall–Kier alpha value is -2.23. The number of nitrogens with one attached hydrogen (secondary N) is 1. The summed E-state index contributed by atoms with van der Waals surface area (Å²) in [5, 5.41) is 36.3. The lowest BCUT2D eigenvalue weighted by atomic mass is 10.1. The average molecular weight is 412 g/mol. The van der Waals surface area contributed by atoms with Crippen LogP contribution in [0, 0.1) is 5.21 Å². The lowest BCUT2D eigenvalue weighted by Gasteiger charge is -2.21. The monoisotopic (exact) mass is 411 g/mol. The van der Waals surface area contributed by atoms with Crippen molar-refractivity contribution in [3.05, 3.63) is 44.3 Å². The fourth-order valence-electron chi connectivity index (χ4n) is 2.18. The molecule has 0 amide bonds. The van der Waals surface area contributed by atoms with Crippen molar-refractivity contribution in [2.24, 2.45) is 0 Å². The molecule has 2 heterocycles. The third kappa shape index (κ3) is 4.44. The van der Waals surface area contributed by atoms with Crippen molar-refractivity contribution in [1.29, 1.82) is 0 Å². The Balaban J connectivity index is 0.000000277. The van der Waals surface area contributed by atoms with Crippen molar-refractivity contribution < 1.29 is 19.4 Å². The number of nitrogens with zero attached hydrogens (tertiary/aromatic N) is 3. The number of benzene rings is 1. The van der Waals surface area contributed by atoms with Crippen LogP contribution in [0.4, 0.5) is 0 Å². The molecule has 0 aliphatic rings. The van der Waals surface area contributed by atoms with E-state index in [1.165, 1.54) is 0 Å². The molecule has 1 aromatic carbocycles. The van der Waals surface area contributed by atoms with Crippen LogP contribution in [0.5, 0.6) is 5.88 Å². The van der Waals surface area contributed by atoms with E-state index in [9.17, 15) is 15.1 Å². The maximum Gasteiger partial charge on any atom is 0.304 e. The molecule has 0 radical (unpaired) electrons. The van der Waals surface area contributed by atoms with E-state index in [0.717, 1.165) is 15.5 Å². The minimum Gasteiger partial charge on any atom is -0.618 e. The number of aliphatic hydroxyl groups excluding tert-OH is 1. The predicted molar refractivity (Wildman–Crippen MR) is 98.2 cm³/mol. The summed E-state index contributed by atoms with van der Waals surface area (Å²) in [5.41, 5.74) is -0.295. The van der Waals surface area contributed by atoms with Gasteiger partial charge in [0.05, 0.1) is 27.7 Å². The Labute approximate surface area is 152 Å². The first-order valence-corrected chi connectivity index (χ1v) is 8.28. The summed E-state index contributed by atoms with van der Waals surface area (Å²) in [6.45, 7) is 1.11. The smallest absolute Gasteiger partial charge is 0.304 e. The van der Waals surface area contributed by atoms with Crippen molar-refractivity contribution in [3.8, 4) is 5.88 Å². The van der Waals surface area contributed by atoms with Gasteiger partial charge in [-0.05, 0) is 18.2 Å². The first-order valence-electron chi connectivity index (χ1n) is 7.48. The second-order valence-electron chi connectivity index (χ2n) is 6.52. The number of hydrogen-bond donors (Lipinski definition) is 3. The first-order chi connectivity index (χ1) is 11.6. The molecule has 0 spiro atoms. The molecule has 0 bridgehead atoms. The lowest BCUT2D eigenvalue weighted by molar-refractivity contribution is -0.870. The summed E-state index contributed by atoms with van der Waals surface area (Å²) in [6, 6.07) is 6.58. The van der Waals surface area contributed by atoms with E-state index in [-0.39, 0.29) is 17.5 Å². The summed E-state index contributed by atoms with van der Waals surface area (Å²) in [4.78, 5) is 11.6. The van der Waals surface area contributed by atoms with Crippen molar-refractivity contribution in [3.63, 3.8) is 0 Å². The van der Waals surface area contributed by atoms with Crippen LogP contribution in [0.3, 0.4) is 0 Å². The molecule has 0 unspecified atom stereocenters.